The predicted molar refractivity (Wildman–Crippen MR) is 102 cm³/mol. The summed E-state index contributed by atoms with van der Waals surface area (Å²) in [6.45, 7) is 3.01. The van der Waals surface area contributed by atoms with Gasteiger partial charge < -0.3 is 5.32 Å². The summed E-state index contributed by atoms with van der Waals surface area (Å²) in [5.41, 5.74) is -2.12. The lowest BCUT2D eigenvalue weighted by molar-refractivity contribution is 0.0933. The molecule has 0 aliphatic carbocycles. The van der Waals surface area contributed by atoms with Crippen LogP contribution in [0.15, 0.2) is 58.1 Å². The van der Waals surface area contributed by atoms with Gasteiger partial charge in [0.1, 0.15) is 11.6 Å². The minimum Gasteiger partial charge on any atom is -0.348 e. The molecule has 3 aromatic rings. The van der Waals surface area contributed by atoms with Gasteiger partial charge >= 0.3 is 5.69 Å². The summed E-state index contributed by atoms with van der Waals surface area (Å²) in [6.07, 6.45) is 0. The lowest BCUT2D eigenvalue weighted by Gasteiger charge is -2.13. The smallest absolute Gasteiger partial charge is 0.348 e. The first kappa shape index (κ1) is 20.1. The summed E-state index contributed by atoms with van der Waals surface area (Å²) in [4.78, 5) is 38.2. The van der Waals surface area contributed by atoms with E-state index < -0.39 is 41.0 Å². The molecule has 150 valence electrons. The SMILES string of the molecule is CC(C)NC(=O)c1nn(-c2ccc(F)cc2)c(=O)n(Cc2ccccc2F)c1=O. The number of halogens is 2. The van der Waals surface area contributed by atoms with Gasteiger partial charge in [0.2, 0.25) is 5.69 Å². The maximum atomic E-state index is 14.1. The largest absolute Gasteiger partial charge is 0.352 e. The molecule has 1 heterocycles. The fourth-order valence-corrected chi connectivity index (χ4v) is 2.67. The number of aromatic nitrogens is 3. The Hall–Kier alpha value is -3.62. The van der Waals surface area contributed by atoms with Crippen LogP contribution in [0.5, 0.6) is 0 Å². The van der Waals surface area contributed by atoms with Crippen molar-refractivity contribution in [1.29, 1.82) is 0 Å². The van der Waals surface area contributed by atoms with E-state index in [0.717, 1.165) is 21.4 Å². The molecule has 0 fully saturated rings. The Bertz CT molecular complexity index is 1170. The average molecular weight is 400 g/mol. The molecule has 0 saturated carbocycles. The van der Waals surface area contributed by atoms with Crippen LogP contribution in [0.4, 0.5) is 8.78 Å². The Morgan fingerprint density at radius 3 is 2.34 bits per heavy atom. The molecule has 0 spiro atoms. The summed E-state index contributed by atoms with van der Waals surface area (Å²) >= 11 is 0. The number of carbonyl (C=O) groups is 1. The van der Waals surface area contributed by atoms with Crippen molar-refractivity contribution in [2.75, 3.05) is 0 Å². The minimum atomic E-state index is -0.949. The lowest BCUT2D eigenvalue weighted by Crippen LogP contribution is -2.46. The van der Waals surface area contributed by atoms with Crippen LogP contribution < -0.4 is 16.6 Å². The monoisotopic (exact) mass is 400 g/mol. The molecule has 7 nitrogen and oxygen atoms in total. The molecule has 1 N–H and O–H groups in total. The normalized spacial score (nSPS) is 10.9. The molecular formula is C20H18F2N4O3. The Morgan fingerprint density at radius 1 is 1.07 bits per heavy atom. The number of rotatable bonds is 5. The fourth-order valence-electron chi connectivity index (χ4n) is 2.67. The molecule has 0 aliphatic rings. The van der Waals surface area contributed by atoms with Gasteiger partial charge in [-0.15, -0.1) is 0 Å². The maximum Gasteiger partial charge on any atom is 0.352 e. The van der Waals surface area contributed by atoms with Crippen molar-refractivity contribution in [1.82, 2.24) is 19.7 Å². The predicted octanol–water partition coefficient (Wildman–Crippen LogP) is 1.86. The van der Waals surface area contributed by atoms with Gasteiger partial charge in [0.15, 0.2) is 0 Å². The molecular weight excluding hydrogens is 382 g/mol. The maximum absolute atomic E-state index is 14.1. The second-order valence-corrected chi connectivity index (χ2v) is 6.63. The minimum absolute atomic E-state index is 0.0961. The first-order chi connectivity index (χ1) is 13.8. The van der Waals surface area contributed by atoms with E-state index in [2.05, 4.69) is 10.4 Å². The van der Waals surface area contributed by atoms with Gasteiger partial charge in [0.25, 0.3) is 11.5 Å². The van der Waals surface area contributed by atoms with Gasteiger partial charge in [-0.2, -0.15) is 9.78 Å². The van der Waals surface area contributed by atoms with Crippen molar-refractivity contribution in [3.63, 3.8) is 0 Å². The molecule has 0 radical (unpaired) electrons. The molecule has 9 heteroatoms. The highest BCUT2D eigenvalue weighted by Crippen LogP contribution is 2.08. The number of amides is 1. The standard InChI is InChI=1S/C20H18F2N4O3/c1-12(2)23-18(27)17-19(28)25(11-13-5-3-4-6-16(13)22)20(29)26(24-17)15-9-7-14(21)8-10-15/h3-10,12H,11H2,1-2H3,(H,23,27). The zero-order valence-corrected chi connectivity index (χ0v) is 15.7. The molecule has 0 atom stereocenters. The summed E-state index contributed by atoms with van der Waals surface area (Å²) in [7, 11) is 0. The number of hydrogen-bond acceptors (Lipinski definition) is 4. The third-order valence-corrected chi connectivity index (χ3v) is 4.05. The molecule has 1 aromatic heterocycles. The van der Waals surface area contributed by atoms with Crippen LogP contribution in [-0.2, 0) is 6.54 Å². The van der Waals surface area contributed by atoms with Crippen molar-refractivity contribution < 1.29 is 13.6 Å². The second kappa shape index (κ2) is 8.17. The van der Waals surface area contributed by atoms with Crippen molar-refractivity contribution in [3.8, 4) is 5.69 Å². The Kier molecular flexibility index (Phi) is 5.67. The Labute approximate surface area is 164 Å². The van der Waals surface area contributed by atoms with E-state index in [1.165, 1.54) is 30.3 Å². The number of carbonyl (C=O) groups excluding carboxylic acids is 1. The highest BCUT2D eigenvalue weighted by atomic mass is 19.1. The highest BCUT2D eigenvalue weighted by molar-refractivity contribution is 5.91. The molecule has 0 aliphatic heterocycles. The molecule has 2 aromatic carbocycles. The van der Waals surface area contributed by atoms with Crippen molar-refractivity contribution in [3.05, 3.63) is 92.3 Å². The molecule has 1 amide bonds. The molecule has 0 unspecified atom stereocenters. The van der Waals surface area contributed by atoms with E-state index in [1.54, 1.807) is 19.9 Å². The Balaban J connectivity index is 2.23. The van der Waals surface area contributed by atoms with Crippen molar-refractivity contribution in [2.45, 2.75) is 26.4 Å². The third-order valence-electron chi connectivity index (χ3n) is 4.05. The molecule has 29 heavy (non-hydrogen) atoms. The van der Waals surface area contributed by atoms with Gasteiger partial charge in [-0.25, -0.2) is 13.6 Å². The number of nitrogens with zero attached hydrogens (tertiary/aromatic N) is 3. The summed E-state index contributed by atoms with van der Waals surface area (Å²) < 4.78 is 28.9. The molecule has 0 saturated heterocycles. The van der Waals surface area contributed by atoms with Crippen LogP contribution in [0.25, 0.3) is 5.69 Å². The zero-order chi connectivity index (χ0) is 21.1. The van der Waals surface area contributed by atoms with Crippen LogP contribution in [0, 0.1) is 11.6 Å². The molecule has 3 rings (SSSR count). The van der Waals surface area contributed by atoms with E-state index >= 15 is 0 Å². The fraction of sp³-hybridized carbons (Fsp3) is 0.200. The summed E-state index contributed by atoms with van der Waals surface area (Å²) in [5, 5.41) is 6.44. The highest BCUT2D eigenvalue weighted by Gasteiger charge is 2.21. The van der Waals surface area contributed by atoms with Gasteiger partial charge in [-0.3, -0.25) is 14.2 Å². The van der Waals surface area contributed by atoms with Gasteiger partial charge in [0.05, 0.1) is 12.2 Å². The summed E-state index contributed by atoms with van der Waals surface area (Å²) in [5.74, 6) is -1.90. The van der Waals surface area contributed by atoms with E-state index in [-0.39, 0.29) is 17.3 Å². The average Bonchev–Trinajstić information content (AvgIpc) is 2.67. The third kappa shape index (κ3) is 4.29. The Morgan fingerprint density at radius 2 is 1.72 bits per heavy atom. The van der Waals surface area contributed by atoms with E-state index in [4.69, 9.17) is 0 Å². The van der Waals surface area contributed by atoms with E-state index in [1.807, 2.05) is 0 Å². The van der Waals surface area contributed by atoms with Gasteiger partial charge in [0, 0.05) is 11.6 Å². The van der Waals surface area contributed by atoms with Crippen molar-refractivity contribution >= 4 is 5.91 Å². The first-order valence-corrected chi connectivity index (χ1v) is 8.82. The topological polar surface area (TPSA) is 86.0 Å². The quantitative estimate of drug-likeness (QED) is 0.708. The van der Waals surface area contributed by atoms with Crippen LogP contribution >= 0.6 is 0 Å². The van der Waals surface area contributed by atoms with Gasteiger partial charge in [-0.1, -0.05) is 18.2 Å². The van der Waals surface area contributed by atoms with Crippen LogP contribution in [0.3, 0.4) is 0 Å². The van der Waals surface area contributed by atoms with E-state index in [9.17, 15) is 23.2 Å². The number of hydrogen-bond donors (Lipinski definition) is 1. The lowest BCUT2D eigenvalue weighted by atomic mass is 10.2. The van der Waals surface area contributed by atoms with Crippen LogP contribution in [-0.4, -0.2) is 26.3 Å². The molecule has 0 bridgehead atoms. The number of nitrogens with one attached hydrogen (secondary N) is 1. The first-order valence-electron chi connectivity index (χ1n) is 8.82. The summed E-state index contributed by atoms with van der Waals surface area (Å²) in [6, 6.07) is 10.2. The van der Waals surface area contributed by atoms with Crippen LogP contribution in [0.1, 0.15) is 29.9 Å². The number of benzene rings is 2. The zero-order valence-electron chi connectivity index (χ0n) is 15.7. The van der Waals surface area contributed by atoms with Crippen molar-refractivity contribution in [2.24, 2.45) is 0 Å². The van der Waals surface area contributed by atoms with Crippen LogP contribution in [0.2, 0.25) is 0 Å². The second-order valence-electron chi connectivity index (χ2n) is 6.63. The van der Waals surface area contributed by atoms with Gasteiger partial charge in [-0.05, 0) is 44.2 Å². The van der Waals surface area contributed by atoms with E-state index in [0.29, 0.717) is 0 Å².